The quantitative estimate of drug-likeness (QED) is 0.922. The largest absolute Gasteiger partial charge is 0.348 e. The van der Waals surface area contributed by atoms with E-state index in [-0.39, 0.29) is 29.8 Å². The predicted octanol–water partition coefficient (Wildman–Crippen LogP) is 1.58. The van der Waals surface area contributed by atoms with Crippen molar-refractivity contribution in [2.75, 3.05) is 6.54 Å². The number of amides is 2. The number of rotatable bonds is 3. The topological polar surface area (TPSA) is 67.2 Å². The predicted molar refractivity (Wildman–Crippen MR) is 82.2 cm³/mol. The summed E-state index contributed by atoms with van der Waals surface area (Å²) in [5.41, 5.74) is 0.435. The van der Waals surface area contributed by atoms with Gasteiger partial charge >= 0.3 is 0 Å². The van der Waals surface area contributed by atoms with E-state index >= 15 is 0 Å². The molecule has 2 amide bonds. The second-order valence-electron chi connectivity index (χ2n) is 6.83. The first-order valence-electron chi connectivity index (χ1n) is 8.07. The highest BCUT2D eigenvalue weighted by Gasteiger charge is 2.44. The van der Waals surface area contributed by atoms with Gasteiger partial charge in [-0.3, -0.25) is 9.59 Å². The molecular weight excluding hydrogens is 280 g/mol. The minimum Gasteiger partial charge on any atom is -0.348 e. The third-order valence-electron chi connectivity index (χ3n) is 4.59. The van der Waals surface area contributed by atoms with Crippen LogP contribution in [0.5, 0.6) is 0 Å². The van der Waals surface area contributed by atoms with E-state index in [2.05, 4.69) is 17.2 Å². The van der Waals surface area contributed by atoms with Crippen LogP contribution < -0.4 is 5.32 Å². The summed E-state index contributed by atoms with van der Waals surface area (Å²) in [6.45, 7) is 9.35. The van der Waals surface area contributed by atoms with E-state index in [1.54, 1.807) is 6.20 Å². The van der Waals surface area contributed by atoms with Crippen LogP contribution in [0.25, 0.3) is 0 Å². The number of fused-ring (bicyclic) bond motifs is 1. The molecular formula is C16H24N4O2. The van der Waals surface area contributed by atoms with Crippen LogP contribution in [-0.4, -0.2) is 38.9 Å². The molecule has 22 heavy (non-hydrogen) atoms. The SMILES string of the molecule is CC(C)NC(=O)c1cn2c(n1)[C@H](C)N(C(=O)[C@@H]1C[C@H]1C)CC2. The highest BCUT2D eigenvalue weighted by atomic mass is 16.2. The lowest BCUT2D eigenvalue weighted by Crippen LogP contribution is -2.42. The van der Waals surface area contributed by atoms with Crippen molar-refractivity contribution in [1.29, 1.82) is 0 Å². The van der Waals surface area contributed by atoms with Gasteiger partial charge in [0.25, 0.3) is 5.91 Å². The Bertz CT molecular complexity index is 607. The fourth-order valence-electron chi connectivity index (χ4n) is 3.12. The van der Waals surface area contributed by atoms with Gasteiger partial charge in [-0.1, -0.05) is 6.92 Å². The maximum Gasteiger partial charge on any atom is 0.271 e. The molecule has 3 atom stereocenters. The van der Waals surface area contributed by atoms with Gasteiger partial charge in [-0.15, -0.1) is 0 Å². The van der Waals surface area contributed by atoms with E-state index in [4.69, 9.17) is 0 Å². The van der Waals surface area contributed by atoms with Gasteiger partial charge in [0, 0.05) is 31.2 Å². The zero-order chi connectivity index (χ0) is 16.0. The maximum atomic E-state index is 12.5. The summed E-state index contributed by atoms with van der Waals surface area (Å²) in [5.74, 6) is 1.59. The summed E-state index contributed by atoms with van der Waals surface area (Å²) in [6, 6.07) is 0.00716. The lowest BCUT2D eigenvalue weighted by molar-refractivity contribution is -0.136. The number of carbonyl (C=O) groups is 2. The van der Waals surface area contributed by atoms with Crippen molar-refractivity contribution in [1.82, 2.24) is 19.8 Å². The van der Waals surface area contributed by atoms with Crippen LogP contribution in [0.4, 0.5) is 0 Å². The molecule has 1 fully saturated rings. The lowest BCUT2D eigenvalue weighted by Gasteiger charge is -2.34. The Morgan fingerprint density at radius 3 is 2.59 bits per heavy atom. The first kappa shape index (κ1) is 15.1. The van der Waals surface area contributed by atoms with Gasteiger partial charge in [0.2, 0.25) is 5.91 Å². The number of hydrogen-bond acceptors (Lipinski definition) is 3. The molecule has 1 aliphatic heterocycles. The van der Waals surface area contributed by atoms with Gasteiger partial charge in [0.05, 0.1) is 6.04 Å². The smallest absolute Gasteiger partial charge is 0.271 e. The number of nitrogens with zero attached hydrogens (tertiary/aromatic N) is 3. The third-order valence-corrected chi connectivity index (χ3v) is 4.59. The number of carbonyl (C=O) groups excluding carboxylic acids is 2. The molecule has 1 aromatic rings. The Kier molecular flexibility index (Phi) is 3.70. The van der Waals surface area contributed by atoms with Gasteiger partial charge < -0.3 is 14.8 Å². The average molecular weight is 304 g/mol. The van der Waals surface area contributed by atoms with Crippen LogP contribution in [0.2, 0.25) is 0 Å². The van der Waals surface area contributed by atoms with Crippen LogP contribution in [0.3, 0.4) is 0 Å². The first-order valence-corrected chi connectivity index (χ1v) is 8.07. The van der Waals surface area contributed by atoms with Crippen molar-refractivity contribution >= 4 is 11.8 Å². The monoisotopic (exact) mass is 304 g/mol. The van der Waals surface area contributed by atoms with Crippen molar-refractivity contribution in [2.24, 2.45) is 11.8 Å². The molecule has 0 spiro atoms. The number of imidazole rings is 1. The molecule has 1 saturated carbocycles. The second kappa shape index (κ2) is 5.41. The lowest BCUT2D eigenvalue weighted by atomic mass is 10.1. The molecule has 1 aliphatic carbocycles. The molecule has 120 valence electrons. The van der Waals surface area contributed by atoms with Crippen molar-refractivity contribution in [3.8, 4) is 0 Å². The number of hydrogen-bond donors (Lipinski definition) is 1. The molecule has 2 aliphatic rings. The molecule has 2 heterocycles. The zero-order valence-corrected chi connectivity index (χ0v) is 13.7. The summed E-state index contributed by atoms with van der Waals surface area (Å²) in [7, 11) is 0. The number of nitrogens with one attached hydrogen (secondary N) is 1. The van der Waals surface area contributed by atoms with Crippen LogP contribution in [-0.2, 0) is 11.3 Å². The molecule has 6 nitrogen and oxygen atoms in total. The van der Waals surface area contributed by atoms with Crippen molar-refractivity contribution in [2.45, 2.75) is 52.7 Å². The fraction of sp³-hybridized carbons (Fsp3) is 0.688. The van der Waals surface area contributed by atoms with E-state index in [0.29, 0.717) is 24.7 Å². The Morgan fingerprint density at radius 2 is 2.00 bits per heavy atom. The molecule has 0 aromatic carbocycles. The molecule has 6 heteroatoms. The minimum atomic E-state index is -0.155. The Morgan fingerprint density at radius 1 is 1.32 bits per heavy atom. The van der Waals surface area contributed by atoms with E-state index in [1.165, 1.54) is 0 Å². The highest BCUT2D eigenvalue weighted by molar-refractivity contribution is 5.92. The summed E-state index contributed by atoms with van der Waals surface area (Å²) in [4.78, 5) is 31.0. The Balaban J connectivity index is 1.78. The molecule has 0 bridgehead atoms. The Hall–Kier alpha value is -1.85. The number of aromatic nitrogens is 2. The van der Waals surface area contributed by atoms with E-state index in [1.807, 2.05) is 30.2 Å². The fourth-order valence-corrected chi connectivity index (χ4v) is 3.12. The highest BCUT2D eigenvalue weighted by Crippen LogP contribution is 2.41. The zero-order valence-electron chi connectivity index (χ0n) is 13.7. The summed E-state index contributed by atoms with van der Waals surface area (Å²) >= 11 is 0. The van der Waals surface area contributed by atoms with E-state index in [0.717, 1.165) is 12.2 Å². The second-order valence-corrected chi connectivity index (χ2v) is 6.83. The van der Waals surface area contributed by atoms with Crippen molar-refractivity contribution in [3.63, 3.8) is 0 Å². The van der Waals surface area contributed by atoms with E-state index in [9.17, 15) is 9.59 Å². The Labute approximate surface area is 130 Å². The van der Waals surface area contributed by atoms with Crippen LogP contribution >= 0.6 is 0 Å². The van der Waals surface area contributed by atoms with Gasteiger partial charge in [0.15, 0.2) is 0 Å². The summed E-state index contributed by atoms with van der Waals surface area (Å²) < 4.78 is 2.00. The molecule has 1 N–H and O–H groups in total. The van der Waals surface area contributed by atoms with Gasteiger partial charge in [-0.05, 0) is 33.1 Å². The summed E-state index contributed by atoms with van der Waals surface area (Å²) in [6.07, 6.45) is 2.80. The van der Waals surface area contributed by atoms with Crippen molar-refractivity contribution in [3.05, 3.63) is 17.7 Å². The van der Waals surface area contributed by atoms with Crippen molar-refractivity contribution < 1.29 is 9.59 Å². The maximum absolute atomic E-state index is 12.5. The van der Waals surface area contributed by atoms with E-state index < -0.39 is 0 Å². The van der Waals surface area contributed by atoms with Gasteiger partial charge in [-0.2, -0.15) is 0 Å². The van der Waals surface area contributed by atoms with Crippen LogP contribution in [0.15, 0.2) is 6.20 Å². The molecule has 1 aromatic heterocycles. The van der Waals surface area contributed by atoms with Crippen LogP contribution in [0.1, 0.15) is 56.5 Å². The third kappa shape index (κ3) is 2.62. The van der Waals surface area contributed by atoms with Gasteiger partial charge in [-0.25, -0.2) is 4.98 Å². The summed E-state index contributed by atoms with van der Waals surface area (Å²) in [5, 5.41) is 2.86. The normalized spacial score (nSPS) is 26.8. The van der Waals surface area contributed by atoms with Gasteiger partial charge in [0.1, 0.15) is 11.5 Å². The minimum absolute atomic E-state index is 0.0744. The van der Waals surface area contributed by atoms with Crippen LogP contribution in [0, 0.1) is 11.8 Å². The average Bonchev–Trinajstić information content (AvgIpc) is 3.00. The molecule has 3 rings (SSSR count). The molecule has 0 saturated heterocycles. The first-order chi connectivity index (χ1) is 10.4. The standard InChI is InChI=1S/C16H24N4O2/c1-9(2)17-15(21)13-8-19-5-6-20(11(4)14(19)18-13)16(22)12-7-10(12)3/h8-12H,5-7H2,1-4H3,(H,17,21)/t10-,11+,12-/m1/s1. The molecule has 0 unspecified atom stereocenters. The molecule has 0 radical (unpaired) electrons.